The van der Waals surface area contributed by atoms with Crippen LogP contribution in [-0.4, -0.2) is 78.6 Å². The third-order valence-electron chi connectivity index (χ3n) is 5.24. The number of nitrogens with zero attached hydrogens (tertiary/aromatic N) is 3. The Bertz CT molecular complexity index is 359. The minimum Gasteiger partial charge on any atom is -0.338 e. The molecule has 0 aromatic heterocycles. The predicted molar refractivity (Wildman–Crippen MR) is 81.0 cm³/mol. The van der Waals surface area contributed by atoms with Gasteiger partial charge in [0, 0.05) is 19.6 Å². The van der Waals surface area contributed by atoms with E-state index in [1.807, 2.05) is 0 Å². The van der Waals surface area contributed by atoms with E-state index in [2.05, 4.69) is 9.80 Å². The summed E-state index contributed by atoms with van der Waals surface area (Å²) in [5, 5.41) is 0. The molecule has 3 fully saturated rings. The van der Waals surface area contributed by atoms with Crippen molar-refractivity contribution >= 4 is 5.91 Å². The van der Waals surface area contributed by atoms with E-state index in [0.29, 0.717) is 19.5 Å². The van der Waals surface area contributed by atoms with Crippen LogP contribution in [-0.2, 0) is 4.79 Å². The number of piperidine rings is 1. The lowest BCUT2D eigenvalue weighted by molar-refractivity contribution is -0.135. The maximum absolute atomic E-state index is 13.3. The van der Waals surface area contributed by atoms with Gasteiger partial charge in [-0.05, 0) is 51.7 Å². The highest BCUT2D eigenvalue weighted by Crippen LogP contribution is 2.22. The smallest absolute Gasteiger partial charge is 0.240 e. The highest BCUT2D eigenvalue weighted by atomic mass is 19.1. The van der Waals surface area contributed by atoms with E-state index in [-0.39, 0.29) is 11.9 Å². The molecule has 21 heavy (non-hydrogen) atoms. The molecule has 3 heterocycles. The number of carbonyl (C=O) groups excluding carboxylic acids is 1. The van der Waals surface area contributed by atoms with Gasteiger partial charge in [0.15, 0.2) is 0 Å². The average Bonchev–Trinajstić information content (AvgIpc) is 3.14. The zero-order valence-electron chi connectivity index (χ0n) is 13.0. The zero-order valence-corrected chi connectivity index (χ0v) is 13.0. The van der Waals surface area contributed by atoms with Crippen LogP contribution in [0.1, 0.15) is 38.5 Å². The molecule has 3 aliphatic heterocycles. The van der Waals surface area contributed by atoms with Gasteiger partial charge in [-0.15, -0.1) is 0 Å². The topological polar surface area (TPSA) is 26.8 Å². The molecule has 120 valence electrons. The summed E-state index contributed by atoms with van der Waals surface area (Å²) in [6.45, 7) is 6.44. The molecular formula is C16H28FN3O. The fourth-order valence-electron chi connectivity index (χ4n) is 3.95. The monoisotopic (exact) mass is 297 g/mol. The summed E-state index contributed by atoms with van der Waals surface area (Å²) in [4.78, 5) is 19.2. The lowest BCUT2D eigenvalue weighted by atomic mass is 10.1. The Hall–Kier alpha value is -0.680. The van der Waals surface area contributed by atoms with Crippen molar-refractivity contribution in [3.8, 4) is 0 Å². The van der Waals surface area contributed by atoms with Crippen LogP contribution in [0.5, 0.6) is 0 Å². The number of likely N-dealkylation sites (tertiary alicyclic amines) is 3. The molecule has 0 spiro atoms. The summed E-state index contributed by atoms with van der Waals surface area (Å²) >= 11 is 0. The Kier molecular flexibility index (Phi) is 5.11. The molecule has 0 N–H and O–H groups in total. The van der Waals surface area contributed by atoms with Crippen LogP contribution >= 0.6 is 0 Å². The maximum atomic E-state index is 13.3. The van der Waals surface area contributed by atoms with Gasteiger partial charge in [0.1, 0.15) is 6.17 Å². The summed E-state index contributed by atoms with van der Waals surface area (Å²) in [5.74, 6) is 0.172. The predicted octanol–water partition coefficient (Wildman–Crippen LogP) is 1.51. The lowest BCUT2D eigenvalue weighted by Gasteiger charge is -2.31. The molecule has 2 atom stereocenters. The highest BCUT2D eigenvalue weighted by Gasteiger charge is 2.36. The van der Waals surface area contributed by atoms with Crippen LogP contribution in [0.2, 0.25) is 0 Å². The lowest BCUT2D eigenvalue weighted by Crippen LogP contribution is -2.47. The Morgan fingerprint density at radius 2 is 1.76 bits per heavy atom. The second-order valence-electron chi connectivity index (χ2n) is 6.77. The van der Waals surface area contributed by atoms with Crippen LogP contribution in [0, 0.1) is 0 Å². The van der Waals surface area contributed by atoms with E-state index < -0.39 is 6.17 Å². The van der Waals surface area contributed by atoms with Crippen molar-refractivity contribution < 1.29 is 9.18 Å². The van der Waals surface area contributed by atoms with E-state index >= 15 is 0 Å². The van der Waals surface area contributed by atoms with Crippen molar-refractivity contribution in [1.82, 2.24) is 14.7 Å². The van der Waals surface area contributed by atoms with E-state index in [0.717, 1.165) is 32.5 Å². The molecule has 0 aromatic rings. The minimum atomic E-state index is -0.808. The van der Waals surface area contributed by atoms with E-state index in [4.69, 9.17) is 0 Å². The molecule has 0 radical (unpaired) electrons. The fraction of sp³-hybridized carbons (Fsp3) is 0.938. The van der Waals surface area contributed by atoms with Crippen molar-refractivity contribution in [3.05, 3.63) is 0 Å². The molecular weight excluding hydrogens is 269 g/mol. The minimum absolute atomic E-state index is 0.0140. The molecule has 0 aliphatic carbocycles. The van der Waals surface area contributed by atoms with Gasteiger partial charge in [0.05, 0.1) is 12.6 Å². The van der Waals surface area contributed by atoms with Crippen LogP contribution < -0.4 is 0 Å². The molecule has 2 unspecified atom stereocenters. The Balaban J connectivity index is 1.49. The molecule has 3 aliphatic rings. The van der Waals surface area contributed by atoms with E-state index in [1.54, 1.807) is 4.90 Å². The summed E-state index contributed by atoms with van der Waals surface area (Å²) < 4.78 is 13.3. The Morgan fingerprint density at radius 3 is 2.48 bits per heavy atom. The van der Waals surface area contributed by atoms with Gasteiger partial charge in [-0.1, -0.05) is 6.42 Å². The van der Waals surface area contributed by atoms with Crippen molar-refractivity contribution in [3.63, 3.8) is 0 Å². The third kappa shape index (κ3) is 3.75. The van der Waals surface area contributed by atoms with Gasteiger partial charge in [-0.3, -0.25) is 9.69 Å². The third-order valence-corrected chi connectivity index (χ3v) is 5.24. The summed E-state index contributed by atoms with van der Waals surface area (Å²) in [6.07, 6.45) is 5.75. The SMILES string of the molecule is O=C(C1CCCN1CCN1CCCCC1)N1CCC(F)C1. The van der Waals surface area contributed by atoms with Gasteiger partial charge in [0.2, 0.25) is 5.91 Å². The number of alkyl halides is 1. The van der Waals surface area contributed by atoms with Crippen molar-refractivity contribution in [2.75, 3.05) is 45.8 Å². The quantitative estimate of drug-likeness (QED) is 0.787. The van der Waals surface area contributed by atoms with Crippen LogP contribution in [0.15, 0.2) is 0 Å². The Labute approximate surface area is 127 Å². The Morgan fingerprint density at radius 1 is 0.952 bits per heavy atom. The van der Waals surface area contributed by atoms with Gasteiger partial charge in [0.25, 0.3) is 0 Å². The van der Waals surface area contributed by atoms with E-state index in [1.165, 1.54) is 32.4 Å². The fourth-order valence-corrected chi connectivity index (χ4v) is 3.95. The number of carbonyl (C=O) groups is 1. The van der Waals surface area contributed by atoms with Crippen molar-refractivity contribution in [2.45, 2.75) is 50.7 Å². The molecule has 5 heteroatoms. The molecule has 0 aromatic carbocycles. The van der Waals surface area contributed by atoms with Crippen LogP contribution in [0.4, 0.5) is 4.39 Å². The first-order chi connectivity index (χ1) is 10.2. The number of amides is 1. The van der Waals surface area contributed by atoms with Gasteiger partial charge in [-0.25, -0.2) is 4.39 Å². The first kappa shape index (κ1) is 15.2. The molecule has 1 amide bonds. The first-order valence-electron chi connectivity index (χ1n) is 8.63. The largest absolute Gasteiger partial charge is 0.338 e. The van der Waals surface area contributed by atoms with Gasteiger partial charge < -0.3 is 9.80 Å². The number of hydrogen-bond acceptors (Lipinski definition) is 3. The van der Waals surface area contributed by atoms with Crippen molar-refractivity contribution in [1.29, 1.82) is 0 Å². The average molecular weight is 297 g/mol. The second-order valence-corrected chi connectivity index (χ2v) is 6.77. The molecule has 0 bridgehead atoms. The molecule has 4 nitrogen and oxygen atoms in total. The number of rotatable bonds is 4. The van der Waals surface area contributed by atoms with Gasteiger partial charge in [-0.2, -0.15) is 0 Å². The summed E-state index contributed by atoms with van der Waals surface area (Å²) in [7, 11) is 0. The number of hydrogen-bond donors (Lipinski definition) is 0. The second kappa shape index (κ2) is 7.05. The zero-order chi connectivity index (χ0) is 14.7. The van der Waals surface area contributed by atoms with E-state index in [9.17, 15) is 9.18 Å². The standard InChI is InChI=1S/C16H28FN3O/c17-14-6-10-20(13-14)16(21)15-5-4-9-19(15)12-11-18-7-2-1-3-8-18/h14-15H,1-13H2. The van der Waals surface area contributed by atoms with Crippen LogP contribution in [0.25, 0.3) is 0 Å². The van der Waals surface area contributed by atoms with Gasteiger partial charge >= 0.3 is 0 Å². The maximum Gasteiger partial charge on any atom is 0.240 e. The molecule has 3 saturated heterocycles. The van der Waals surface area contributed by atoms with Crippen molar-refractivity contribution in [2.24, 2.45) is 0 Å². The van der Waals surface area contributed by atoms with Crippen LogP contribution in [0.3, 0.4) is 0 Å². The summed E-state index contributed by atoms with van der Waals surface area (Å²) in [6, 6.07) is 0.0140. The number of halogens is 1. The first-order valence-corrected chi connectivity index (χ1v) is 8.63. The molecule has 3 rings (SSSR count). The summed E-state index contributed by atoms with van der Waals surface area (Å²) in [5.41, 5.74) is 0. The highest BCUT2D eigenvalue weighted by molar-refractivity contribution is 5.82. The molecule has 0 saturated carbocycles. The normalized spacial score (nSPS) is 32.0.